The van der Waals surface area contributed by atoms with Gasteiger partial charge in [0.1, 0.15) is 6.61 Å². The smallest absolute Gasteiger partial charge is 0.213 e. The average Bonchev–Trinajstić information content (AvgIpc) is 2.77. The molecular formula is C25H29BrN2O3. The molecule has 0 atom stereocenters. The number of halogens is 1. The molecule has 0 bridgehead atoms. The second-order valence-corrected chi connectivity index (χ2v) is 8.00. The number of pyridine rings is 1. The van der Waals surface area contributed by atoms with Gasteiger partial charge in [0.15, 0.2) is 11.5 Å². The summed E-state index contributed by atoms with van der Waals surface area (Å²) < 4.78 is 18.5. The zero-order chi connectivity index (χ0) is 21.9. The van der Waals surface area contributed by atoms with Gasteiger partial charge in [-0.25, -0.2) is 4.98 Å². The first-order valence-corrected chi connectivity index (χ1v) is 11.3. The van der Waals surface area contributed by atoms with E-state index < -0.39 is 0 Å². The molecule has 1 N–H and O–H groups in total. The van der Waals surface area contributed by atoms with Crippen molar-refractivity contribution in [1.29, 1.82) is 0 Å². The fourth-order valence-corrected chi connectivity index (χ4v) is 3.55. The van der Waals surface area contributed by atoms with E-state index in [0.717, 1.165) is 46.6 Å². The molecule has 5 nitrogen and oxygen atoms in total. The third kappa shape index (κ3) is 7.56. The van der Waals surface area contributed by atoms with Gasteiger partial charge in [-0.05, 0) is 56.1 Å². The lowest BCUT2D eigenvalue weighted by atomic mass is 10.1. The third-order valence-corrected chi connectivity index (χ3v) is 5.33. The van der Waals surface area contributed by atoms with Gasteiger partial charge in [-0.15, -0.1) is 0 Å². The summed E-state index contributed by atoms with van der Waals surface area (Å²) in [6.45, 7) is 7.34. The maximum Gasteiger partial charge on any atom is 0.213 e. The van der Waals surface area contributed by atoms with E-state index in [1.54, 1.807) is 6.20 Å². The highest BCUT2D eigenvalue weighted by molar-refractivity contribution is 9.10. The van der Waals surface area contributed by atoms with Crippen LogP contribution < -0.4 is 19.5 Å². The van der Waals surface area contributed by atoms with Crippen LogP contribution in [0.25, 0.3) is 0 Å². The zero-order valence-electron chi connectivity index (χ0n) is 18.1. The summed E-state index contributed by atoms with van der Waals surface area (Å²) in [5, 5.41) is 3.45. The predicted molar refractivity (Wildman–Crippen MR) is 127 cm³/mol. The Bertz CT molecular complexity index is 951. The molecule has 0 saturated heterocycles. The Kier molecular flexibility index (Phi) is 9.18. The van der Waals surface area contributed by atoms with Crippen LogP contribution in [0.5, 0.6) is 17.4 Å². The van der Waals surface area contributed by atoms with Crippen molar-refractivity contribution in [2.75, 3.05) is 19.8 Å². The lowest BCUT2D eigenvalue weighted by Gasteiger charge is -2.16. The van der Waals surface area contributed by atoms with Gasteiger partial charge < -0.3 is 19.5 Å². The predicted octanol–water partition coefficient (Wildman–Crippen LogP) is 5.69. The summed E-state index contributed by atoms with van der Waals surface area (Å²) >= 11 is 3.68. The molecule has 0 amide bonds. The molecule has 3 aromatic rings. The third-order valence-electron chi connectivity index (χ3n) is 4.59. The molecule has 2 aromatic carbocycles. The highest BCUT2D eigenvalue weighted by atomic mass is 79.9. The lowest BCUT2D eigenvalue weighted by molar-refractivity contribution is 0.268. The Balaban J connectivity index is 1.51. The number of nitrogens with zero attached hydrogens (tertiary/aromatic N) is 1. The Hall–Kier alpha value is -2.57. The first-order chi connectivity index (χ1) is 15.2. The maximum absolute atomic E-state index is 6.07. The minimum Gasteiger partial charge on any atom is -0.490 e. The van der Waals surface area contributed by atoms with Crippen LogP contribution in [0, 0.1) is 6.92 Å². The first kappa shape index (κ1) is 23.1. The van der Waals surface area contributed by atoms with E-state index >= 15 is 0 Å². The SMILES string of the molecule is CCOc1cc(CNCCCOc2ccccn2)c(Br)cc1OCc1cccc(C)c1. The van der Waals surface area contributed by atoms with Crippen LogP contribution in [0.4, 0.5) is 0 Å². The molecule has 31 heavy (non-hydrogen) atoms. The highest BCUT2D eigenvalue weighted by Crippen LogP contribution is 2.34. The largest absolute Gasteiger partial charge is 0.490 e. The number of hydrogen-bond donors (Lipinski definition) is 1. The molecule has 0 aliphatic heterocycles. The maximum atomic E-state index is 6.07. The zero-order valence-corrected chi connectivity index (χ0v) is 19.7. The van der Waals surface area contributed by atoms with Gasteiger partial charge in [-0.2, -0.15) is 0 Å². The van der Waals surface area contributed by atoms with Gasteiger partial charge >= 0.3 is 0 Å². The number of aryl methyl sites for hydroxylation is 1. The van der Waals surface area contributed by atoms with Crippen molar-refractivity contribution in [2.24, 2.45) is 0 Å². The van der Waals surface area contributed by atoms with Gasteiger partial charge in [-0.3, -0.25) is 0 Å². The summed E-state index contributed by atoms with van der Waals surface area (Å²) in [6, 6.07) is 18.0. The molecule has 1 aromatic heterocycles. The summed E-state index contributed by atoms with van der Waals surface area (Å²) in [5.74, 6) is 2.16. The van der Waals surface area contributed by atoms with Crippen molar-refractivity contribution >= 4 is 15.9 Å². The van der Waals surface area contributed by atoms with E-state index in [2.05, 4.69) is 51.4 Å². The average molecular weight is 485 g/mol. The van der Waals surface area contributed by atoms with Crippen molar-refractivity contribution in [2.45, 2.75) is 33.4 Å². The number of benzene rings is 2. The van der Waals surface area contributed by atoms with Gasteiger partial charge in [0.25, 0.3) is 0 Å². The van der Waals surface area contributed by atoms with Crippen molar-refractivity contribution in [3.63, 3.8) is 0 Å². The number of ether oxygens (including phenoxy) is 3. The molecule has 0 radical (unpaired) electrons. The van der Waals surface area contributed by atoms with Crippen molar-refractivity contribution in [1.82, 2.24) is 10.3 Å². The van der Waals surface area contributed by atoms with Crippen molar-refractivity contribution in [3.8, 4) is 17.4 Å². The Morgan fingerprint density at radius 1 is 0.968 bits per heavy atom. The van der Waals surface area contributed by atoms with E-state index in [4.69, 9.17) is 14.2 Å². The van der Waals surface area contributed by atoms with Crippen LogP contribution in [-0.2, 0) is 13.2 Å². The quantitative estimate of drug-likeness (QED) is 0.334. The minimum atomic E-state index is 0.502. The summed E-state index contributed by atoms with van der Waals surface area (Å²) in [4.78, 5) is 4.16. The van der Waals surface area contributed by atoms with Crippen LogP contribution in [0.2, 0.25) is 0 Å². The van der Waals surface area contributed by atoms with E-state index in [1.165, 1.54) is 5.56 Å². The monoisotopic (exact) mass is 484 g/mol. The highest BCUT2D eigenvalue weighted by Gasteiger charge is 2.11. The van der Waals surface area contributed by atoms with Crippen LogP contribution in [0.3, 0.4) is 0 Å². The van der Waals surface area contributed by atoms with Crippen molar-refractivity contribution < 1.29 is 14.2 Å². The molecule has 0 unspecified atom stereocenters. The fourth-order valence-electron chi connectivity index (χ4n) is 3.09. The summed E-state index contributed by atoms with van der Waals surface area (Å²) in [6.07, 6.45) is 2.62. The molecule has 0 spiro atoms. The molecule has 164 valence electrons. The molecule has 6 heteroatoms. The summed E-state index contributed by atoms with van der Waals surface area (Å²) in [5.41, 5.74) is 3.48. The van der Waals surface area contributed by atoms with E-state index in [-0.39, 0.29) is 0 Å². The van der Waals surface area contributed by atoms with Gasteiger partial charge in [0, 0.05) is 23.3 Å². The second kappa shape index (κ2) is 12.3. The normalized spacial score (nSPS) is 10.7. The van der Waals surface area contributed by atoms with Crippen LogP contribution in [-0.4, -0.2) is 24.7 Å². The molecule has 1 heterocycles. The lowest BCUT2D eigenvalue weighted by Crippen LogP contribution is -2.17. The number of hydrogen-bond acceptors (Lipinski definition) is 5. The Morgan fingerprint density at radius 2 is 1.84 bits per heavy atom. The standard InChI is InChI=1S/C25H29BrN2O3/c1-3-29-23-15-21(17-27-11-7-13-30-25-10-4-5-12-28-25)22(26)16-24(23)31-18-20-9-6-8-19(2)14-20/h4-6,8-10,12,14-16,27H,3,7,11,13,17-18H2,1-2H3. The molecule has 0 aliphatic carbocycles. The molecule has 0 fully saturated rings. The van der Waals surface area contributed by atoms with E-state index in [0.29, 0.717) is 25.7 Å². The van der Waals surface area contributed by atoms with Crippen LogP contribution in [0.1, 0.15) is 30.0 Å². The summed E-state index contributed by atoms with van der Waals surface area (Å²) in [7, 11) is 0. The van der Waals surface area contributed by atoms with E-state index in [1.807, 2.05) is 43.3 Å². The van der Waals surface area contributed by atoms with E-state index in [9.17, 15) is 0 Å². The van der Waals surface area contributed by atoms with Crippen molar-refractivity contribution in [3.05, 3.63) is 82.0 Å². The Labute approximate surface area is 192 Å². The Morgan fingerprint density at radius 3 is 2.61 bits per heavy atom. The van der Waals surface area contributed by atoms with Crippen LogP contribution >= 0.6 is 15.9 Å². The molecule has 0 saturated carbocycles. The molecule has 0 aliphatic rings. The number of nitrogens with one attached hydrogen (secondary N) is 1. The van der Waals surface area contributed by atoms with Gasteiger partial charge in [-0.1, -0.05) is 51.8 Å². The number of aromatic nitrogens is 1. The van der Waals surface area contributed by atoms with Gasteiger partial charge in [0.2, 0.25) is 5.88 Å². The van der Waals surface area contributed by atoms with Crippen LogP contribution in [0.15, 0.2) is 65.3 Å². The molecular weight excluding hydrogens is 456 g/mol. The molecule has 3 rings (SSSR count). The number of rotatable bonds is 12. The fraction of sp³-hybridized carbons (Fsp3) is 0.320. The second-order valence-electron chi connectivity index (χ2n) is 7.15. The minimum absolute atomic E-state index is 0.502. The first-order valence-electron chi connectivity index (χ1n) is 10.5. The topological polar surface area (TPSA) is 52.6 Å². The van der Waals surface area contributed by atoms with Gasteiger partial charge in [0.05, 0.1) is 13.2 Å².